The van der Waals surface area contributed by atoms with Crippen molar-refractivity contribution in [2.45, 2.75) is 32.2 Å². The van der Waals surface area contributed by atoms with Crippen LogP contribution in [0.25, 0.3) is 0 Å². The Morgan fingerprint density at radius 3 is 2.57 bits per heavy atom. The van der Waals surface area contributed by atoms with Crippen LogP contribution in [0, 0.1) is 17.0 Å². The van der Waals surface area contributed by atoms with Crippen LogP contribution in [0.3, 0.4) is 0 Å². The van der Waals surface area contributed by atoms with Crippen LogP contribution in [0.4, 0.5) is 18.9 Å². The van der Waals surface area contributed by atoms with E-state index < -0.39 is 34.8 Å². The largest absolute Gasteiger partial charge is 0.438 e. The Labute approximate surface area is 128 Å². The predicted octanol–water partition coefficient (Wildman–Crippen LogP) is 2.38. The molecule has 0 aliphatic carbocycles. The molecule has 2 rings (SSSR count). The third-order valence-corrected chi connectivity index (χ3v) is 3.50. The van der Waals surface area contributed by atoms with Crippen LogP contribution in [-0.2, 0) is 0 Å². The maximum atomic E-state index is 13.1. The van der Waals surface area contributed by atoms with Gasteiger partial charge in [0.15, 0.2) is 0 Å². The van der Waals surface area contributed by atoms with Gasteiger partial charge in [-0.1, -0.05) is 6.07 Å². The van der Waals surface area contributed by atoms with E-state index in [1.54, 1.807) is 0 Å². The topological polar surface area (TPSA) is 96.0 Å². The minimum atomic E-state index is -5.13. The van der Waals surface area contributed by atoms with Crippen molar-refractivity contribution < 1.29 is 28.0 Å². The second-order valence-electron chi connectivity index (χ2n) is 5.15. The molecule has 0 spiro atoms. The van der Waals surface area contributed by atoms with Gasteiger partial charge in [0.1, 0.15) is 0 Å². The van der Waals surface area contributed by atoms with E-state index >= 15 is 0 Å². The first-order chi connectivity index (χ1) is 10.5. The van der Waals surface area contributed by atoms with Crippen molar-refractivity contribution in [2.75, 3.05) is 0 Å². The Bertz CT molecular complexity index is 717. The molecule has 0 bridgehead atoms. The Hall–Kier alpha value is -2.49. The maximum Gasteiger partial charge on any atom is 0.438 e. The minimum Gasteiger partial charge on any atom is -0.362 e. The molecule has 23 heavy (non-hydrogen) atoms. The zero-order chi connectivity index (χ0) is 17.6. The highest BCUT2D eigenvalue weighted by Crippen LogP contribution is 2.41. The third-order valence-electron chi connectivity index (χ3n) is 3.50. The second-order valence-corrected chi connectivity index (χ2v) is 5.15. The van der Waals surface area contributed by atoms with Crippen LogP contribution >= 0.6 is 0 Å². The molecule has 1 amide bonds. The van der Waals surface area contributed by atoms with Crippen LogP contribution in [-0.4, -0.2) is 38.6 Å². The summed E-state index contributed by atoms with van der Waals surface area (Å²) >= 11 is 0. The number of halogens is 3. The van der Waals surface area contributed by atoms with E-state index in [1.807, 2.05) is 0 Å². The summed E-state index contributed by atoms with van der Waals surface area (Å²) in [7, 11) is 0. The molecule has 1 aromatic carbocycles. The molecule has 10 heteroatoms. The van der Waals surface area contributed by atoms with Crippen LogP contribution in [0.2, 0.25) is 0 Å². The van der Waals surface area contributed by atoms with Gasteiger partial charge in [0.05, 0.1) is 10.5 Å². The number of rotatable bonds is 2. The number of nitro groups is 1. The van der Waals surface area contributed by atoms with Crippen LogP contribution in [0.1, 0.15) is 29.3 Å². The molecular weight excluding hydrogens is 319 g/mol. The summed E-state index contributed by atoms with van der Waals surface area (Å²) in [6.07, 6.45) is -6.01. The molecule has 1 aliphatic heterocycles. The summed E-state index contributed by atoms with van der Waals surface area (Å²) < 4.78 is 39.4. The van der Waals surface area contributed by atoms with Gasteiger partial charge in [-0.15, -0.1) is 0 Å². The first-order valence-corrected chi connectivity index (χ1v) is 6.41. The zero-order valence-corrected chi connectivity index (χ0v) is 12.1. The lowest BCUT2D eigenvalue weighted by atomic mass is 10.0. The third kappa shape index (κ3) is 2.65. The molecule has 1 atom stereocenters. The summed E-state index contributed by atoms with van der Waals surface area (Å²) in [4.78, 5) is 22.5. The predicted molar refractivity (Wildman–Crippen MR) is 72.7 cm³/mol. The van der Waals surface area contributed by atoms with Gasteiger partial charge < -0.3 is 5.11 Å². The van der Waals surface area contributed by atoms with Gasteiger partial charge in [0, 0.05) is 23.8 Å². The second kappa shape index (κ2) is 5.30. The van der Waals surface area contributed by atoms with Gasteiger partial charge in [-0.3, -0.25) is 14.9 Å². The molecule has 124 valence electrons. The fraction of sp³-hybridized carbons (Fsp3) is 0.385. The molecule has 0 unspecified atom stereocenters. The molecule has 0 radical (unpaired) electrons. The lowest BCUT2D eigenvalue weighted by molar-refractivity contribution is -0.385. The van der Waals surface area contributed by atoms with E-state index in [9.17, 15) is 33.2 Å². The normalized spacial score (nSPS) is 21.3. The number of carbonyl (C=O) groups is 1. The standard InChI is InChI=1S/C13H12F3N3O4/c1-7-6-12(21,13(14,15)16)18(17-7)11(20)9-4-3-5-10(8(9)2)19(22)23/h3-5,21H,6H2,1-2H3/t12-/m1/s1. The van der Waals surface area contributed by atoms with E-state index in [-0.39, 0.29) is 21.8 Å². The number of aliphatic hydroxyl groups is 1. The number of hydrogen-bond acceptors (Lipinski definition) is 5. The molecule has 1 N–H and O–H groups in total. The van der Waals surface area contributed by atoms with Crippen LogP contribution < -0.4 is 0 Å². The van der Waals surface area contributed by atoms with E-state index in [0.29, 0.717) is 0 Å². The van der Waals surface area contributed by atoms with E-state index in [0.717, 1.165) is 12.1 Å². The number of nitrogens with zero attached hydrogens (tertiary/aromatic N) is 3. The fourth-order valence-electron chi connectivity index (χ4n) is 2.32. The highest BCUT2D eigenvalue weighted by molar-refractivity contribution is 5.99. The Morgan fingerprint density at radius 2 is 2.04 bits per heavy atom. The summed E-state index contributed by atoms with van der Waals surface area (Å²) in [6.45, 7) is 2.48. The van der Waals surface area contributed by atoms with Crippen molar-refractivity contribution in [3.8, 4) is 0 Å². The summed E-state index contributed by atoms with van der Waals surface area (Å²) in [5, 5.41) is 24.2. The van der Waals surface area contributed by atoms with Crippen molar-refractivity contribution in [1.82, 2.24) is 5.01 Å². The lowest BCUT2D eigenvalue weighted by Gasteiger charge is -2.32. The monoisotopic (exact) mass is 331 g/mol. The Morgan fingerprint density at radius 1 is 1.43 bits per heavy atom. The average molecular weight is 331 g/mol. The molecule has 0 saturated heterocycles. The number of alkyl halides is 3. The molecule has 1 aliphatic rings. The summed E-state index contributed by atoms with van der Waals surface area (Å²) in [5.74, 6) is -1.26. The Balaban J connectivity index is 2.52. The SMILES string of the molecule is CC1=NN(C(=O)c2cccc([N+](=O)[O-])c2C)[C@](O)(C(F)(F)F)C1. The molecule has 7 nitrogen and oxygen atoms in total. The molecule has 1 heterocycles. The van der Waals surface area contributed by atoms with Gasteiger partial charge in [-0.25, -0.2) is 0 Å². The molecule has 1 aromatic rings. The average Bonchev–Trinajstić information content (AvgIpc) is 2.74. The minimum absolute atomic E-state index is 0.0611. The van der Waals surface area contributed by atoms with Gasteiger partial charge in [-0.2, -0.15) is 23.3 Å². The smallest absolute Gasteiger partial charge is 0.362 e. The van der Waals surface area contributed by atoms with Gasteiger partial charge >= 0.3 is 6.18 Å². The van der Waals surface area contributed by atoms with Crippen molar-refractivity contribution >= 4 is 17.3 Å². The van der Waals surface area contributed by atoms with Crippen molar-refractivity contribution in [2.24, 2.45) is 5.10 Å². The van der Waals surface area contributed by atoms with E-state index in [2.05, 4.69) is 5.10 Å². The summed E-state index contributed by atoms with van der Waals surface area (Å²) in [5.41, 5.74) is -4.40. The molecule has 0 fully saturated rings. The highest BCUT2D eigenvalue weighted by Gasteiger charge is 2.62. The first-order valence-electron chi connectivity index (χ1n) is 6.41. The number of hydrogen-bond donors (Lipinski definition) is 1. The summed E-state index contributed by atoms with van der Waals surface area (Å²) in [6, 6.07) is 3.45. The van der Waals surface area contributed by atoms with Gasteiger partial charge in [0.2, 0.25) is 0 Å². The molecular formula is C13H12F3N3O4. The lowest BCUT2D eigenvalue weighted by Crippen LogP contribution is -2.56. The number of amides is 1. The van der Waals surface area contributed by atoms with E-state index in [4.69, 9.17) is 0 Å². The zero-order valence-electron chi connectivity index (χ0n) is 12.1. The Kier molecular flexibility index (Phi) is 3.89. The van der Waals surface area contributed by atoms with Gasteiger partial charge in [-0.05, 0) is 19.9 Å². The number of hydrazone groups is 1. The van der Waals surface area contributed by atoms with E-state index in [1.165, 1.54) is 19.9 Å². The molecule has 0 aromatic heterocycles. The number of benzene rings is 1. The molecule has 0 saturated carbocycles. The van der Waals surface area contributed by atoms with Crippen LogP contribution in [0.5, 0.6) is 0 Å². The quantitative estimate of drug-likeness (QED) is 0.665. The van der Waals surface area contributed by atoms with Crippen molar-refractivity contribution in [3.05, 3.63) is 39.4 Å². The van der Waals surface area contributed by atoms with Crippen LogP contribution in [0.15, 0.2) is 23.3 Å². The fourth-order valence-corrected chi connectivity index (χ4v) is 2.32. The van der Waals surface area contributed by atoms with Crippen molar-refractivity contribution in [1.29, 1.82) is 0 Å². The first kappa shape index (κ1) is 16.9. The van der Waals surface area contributed by atoms with Crippen molar-refractivity contribution in [3.63, 3.8) is 0 Å². The highest BCUT2D eigenvalue weighted by atomic mass is 19.4. The maximum absolute atomic E-state index is 13.1. The van der Waals surface area contributed by atoms with Gasteiger partial charge in [0.25, 0.3) is 17.3 Å². The number of carbonyl (C=O) groups excluding carboxylic acids is 1. The number of nitro benzene ring substituents is 1.